The lowest BCUT2D eigenvalue weighted by molar-refractivity contribution is -0.117. The van der Waals surface area contributed by atoms with Gasteiger partial charge >= 0.3 is 0 Å². The van der Waals surface area contributed by atoms with E-state index >= 15 is 0 Å². The van der Waals surface area contributed by atoms with E-state index in [0.29, 0.717) is 0 Å². The van der Waals surface area contributed by atoms with E-state index in [2.05, 4.69) is 4.98 Å². The lowest BCUT2D eigenvalue weighted by Crippen LogP contribution is -2.14. The van der Waals surface area contributed by atoms with Crippen molar-refractivity contribution in [2.45, 2.75) is 6.42 Å². The number of carbonyl (C=O) groups is 1. The molecule has 0 saturated heterocycles. The summed E-state index contributed by atoms with van der Waals surface area (Å²) < 4.78 is 0. The number of aromatic nitrogens is 1. The molecule has 0 aliphatic rings. The molecule has 2 N–H and O–H groups in total. The maximum atomic E-state index is 10.8. The lowest BCUT2D eigenvalue weighted by atomic mass is 10.1. The summed E-state index contributed by atoms with van der Waals surface area (Å²) in [6.07, 6.45) is 1.89. The molecule has 0 saturated carbocycles. The fourth-order valence-electron chi connectivity index (χ4n) is 1.49. The molecule has 4 heteroatoms. The number of benzene rings is 1. The van der Waals surface area contributed by atoms with Crippen LogP contribution in [0.4, 0.5) is 0 Å². The number of nitrogens with zero attached hydrogens (tertiary/aromatic N) is 1. The highest BCUT2D eigenvalue weighted by molar-refractivity contribution is 5.88. The molecule has 0 aliphatic heterocycles. The number of halogens is 1. The summed E-state index contributed by atoms with van der Waals surface area (Å²) in [6, 6.07) is 9.73. The summed E-state index contributed by atoms with van der Waals surface area (Å²) in [5.41, 5.74) is 5.88. The molecule has 0 atom stereocenters. The predicted octanol–water partition coefficient (Wildman–Crippen LogP) is 1.68. The van der Waals surface area contributed by atoms with E-state index in [4.69, 9.17) is 5.73 Å². The average molecular weight is 223 g/mol. The monoisotopic (exact) mass is 222 g/mol. The number of amides is 1. The fraction of sp³-hybridized carbons (Fsp3) is 0.0909. The van der Waals surface area contributed by atoms with Gasteiger partial charge in [-0.3, -0.25) is 9.78 Å². The Bertz CT molecular complexity index is 479. The molecule has 1 aromatic carbocycles. The number of hydrogen-bond donors (Lipinski definition) is 1. The first-order valence-corrected chi connectivity index (χ1v) is 4.38. The van der Waals surface area contributed by atoms with Gasteiger partial charge in [0.15, 0.2) is 0 Å². The Kier molecular flexibility index (Phi) is 3.63. The maximum Gasteiger partial charge on any atom is 0.223 e. The molecule has 0 aliphatic carbocycles. The Morgan fingerprint density at radius 2 is 2.00 bits per heavy atom. The van der Waals surface area contributed by atoms with Crippen LogP contribution in [0.5, 0.6) is 0 Å². The molecule has 15 heavy (non-hydrogen) atoms. The molecule has 0 fully saturated rings. The second kappa shape index (κ2) is 4.75. The molecule has 0 radical (unpaired) electrons. The van der Waals surface area contributed by atoms with Crippen LogP contribution in [0.3, 0.4) is 0 Å². The van der Waals surface area contributed by atoms with E-state index in [1.807, 2.05) is 30.3 Å². The number of fused-ring (bicyclic) bond motifs is 1. The normalized spacial score (nSPS) is 9.60. The Hall–Kier alpha value is -1.61. The van der Waals surface area contributed by atoms with Gasteiger partial charge in [-0.2, -0.15) is 0 Å². The van der Waals surface area contributed by atoms with Gasteiger partial charge < -0.3 is 5.73 Å². The van der Waals surface area contributed by atoms with Crippen LogP contribution in [0.2, 0.25) is 0 Å². The molecule has 2 rings (SSSR count). The summed E-state index contributed by atoms with van der Waals surface area (Å²) in [5, 5.41) is 2.08. The van der Waals surface area contributed by atoms with E-state index in [1.54, 1.807) is 6.20 Å². The summed E-state index contributed by atoms with van der Waals surface area (Å²) in [5.74, 6) is -0.353. The third kappa shape index (κ3) is 2.44. The van der Waals surface area contributed by atoms with Crippen molar-refractivity contribution < 1.29 is 4.79 Å². The summed E-state index contributed by atoms with van der Waals surface area (Å²) in [7, 11) is 0. The molecular weight excluding hydrogens is 212 g/mol. The van der Waals surface area contributed by atoms with E-state index in [-0.39, 0.29) is 24.7 Å². The zero-order chi connectivity index (χ0) is 9.97. The van der Waals surface area contributed by atoms with Gasteiger partial charge in [0.05, 0.1) is 12.1 Å². The topological polar surface area (TPSA) is 56.0 Å². The smallest absolute Gasteiger partial charge is 0.223 e. The zero-order valence-electron chi connectivity index (χ0n) is 8.01. The molecule has 1 heterocycles. The number of pyridine rings is 1. The number of nitrogens with two attached hydrogens (primary N) is 1. The second-order valence-corrected chi connectivity index (χ2v) is 3.12. The Morgan fingerprint density at radius 3 is 2.73 bits per heavy atom. The Labute approximate surface area is 93.7 Å². The van der Waals surface area contributed by atoms with Crippen molar-refractivity contribution >= 4 is 29.1 Å². The van der Waals surface area contributed by atoms with Gasteiger partial charge in [0.2, 0.25) is 5.91 Å². The van der Waals surface area contributed by atoms with Crippen molar-refractivity contribution in [1.82, 2.24) is 4.98 Å². The second-order valence-electron chi connectivity index (χ2n) is 3.12. The minimum atomic E-state index is -0.353. The van der Waals surface area contributed by atoms with Crippen LogP contribution >= 0.6 is 12.4 Å². The fourth-order valence-corrected chi connectivity index (χ4v) is 1.49. The van der Waals surface area contributed by atoms with Crippen LogP contribution in [-0.2, 0) is 11.2 Å². The first kappa shape index (κ1) is 11.5. The molecule has 1 aromatic heterocycles. The molecule has 0 bridgehead atoms. The zero-order valence-corrected chi connectivity index (χ0v) is 8.83. The number of hydrogen-bond acceptors (Lipinski definition) is 2. The standard InChI is InChI=1S/C11H10N2O.ClH/c12-11(14)7-10-9-4-2-1-3-8(9)5-6-13-10;/h1-6H,7H2,(H2,12,14);1H. The van der Waals surface area contributed by atoms with Gasteiger partial charge in [0, 0.05) is 11.6 Å². The lowest BCUT2D eigenvalue weighted by Gasteiger charge is -2.02. The van der Waals surface area contributed by atoms with Gasteiger partial charge in [-0.1, -0.05) is 24.3 Å². The third-order valence-electron chi connectivity index (χ3n) is 2.10. The summed E-state index contributed by atoms with van der Waals surface area (Å²) >= 11 is 0. The van der Waals surface area contributed by atoms with Gasteiger partial charge in [-0.05, 0) is 11.5 Å². The first-order chi connectivity index (χ1) is 6.77. The minimum absolute atomic E-state index is 0. The number of carbonyl (C=O) groups excluding carboxylic acids is 1. The molecular formula is C11H11ClN2O. The minimum Gasteiger partial charge on any atom is -0.369 e. The highest BCUT2D eigenvalue weighted by atomic mass is 35.5. The number of primary amides is 1. The Morgan fingerprint density at radius 1 is 1.27 bits per heavy atom. The first-order valence-electron chi connectivity index (χ1n) is 4.38. The van der Waals surface area contributed by atoms with Crippen molar-refractivity contribution in [3.05, 3.63) is 42.2 Å². The molecule has 0 unspecified atom stereocenters. The average Bonchev–Trinajstić information content (AvgIpc) is 2.18. The molecule has 0 spiro atoms. The van der Waals surface area contributed by atoms with Crippen LogP contribution in [0, 0.1) is 0 Å². The molecule has 2 aromatic rings. The van der Waals surface area contributed by atoms with Gasteiger partial charge in [-0.25, -0.2) is 0 Å². The van der Waals surface area contributed by atoms with E-state index in [9.17, 15) is 4.79 Å². The molecule has 78 valence electrons. The highest BCUT2D eigenvalue weighted by Crippen LogP contribution is 2.16. The van der Waals surface area contributed by atoms with Crippen LogP contribution in [0.25, 0.3) is 10.8 Å². The van der Waals surface area contributed by atoms with Crippen molar-refractivity contribution in [3.8, 4) is 0 Å². The van der Waals surface area contributed by atoms with E-state index in [0.717, 1.165) is 16.5 Å². The highest BCUT2D eigenvalue weighted by Gasteiger charge is 2.04. The van der Waals surface area contributed by atoms with Crippen LogP contribution in [-0.4, -0.2) is 10.9 Å². The predicted molar refractivity (Wildman–Crippen MR) is 61.9 cm³/mol. The summed E-state index contributed by atoms with van der Waals surface area (Å²) in [6.45, 7) is 0. The van der Waals surface area contributed by atoms with Crippen molar-refractivity contribution in [3.63, 3.8) is 0 Å². The SMILES string of the molecule is Cl.NC(=O)Cc1nccc2ccccc12. The summed E-state index contributed by atoms with van der Waals surface area (Å²) in [4.78, 5) is 14.9. The van der Waals surface area contributed by atoms with Crippen LogP contribution in [0.1, 0.15) is 5.69 Å². The van der Waals surface area contributed by atoms with E-state index < -0.39 is 0 Å². The van der Waals surface area contributed by atoms with Gasteiger partial charge in [-0.15, -0.1) is 12.4 Å². The molecule has 1 amide bonds. The quantitative estimate of drug-likeness (QED) is 0.841. The van der Waals surface area contributed by atoms with Gasteiger partial charge in [0.25, 0.3) is 0 Å². The molecule has 3 nitrogen and oxygen atoms in total. The van der Waals surface area contributed by atoms with E-state index in [1.165, 1.54) is 0 Å². The van der Waals surface area contributed by atoms with Gasteiger partial charge in [0.1, 0.15) is 0 Å². The maximum absolute atomic E-state index is 10.8. The Balaban J connectivity index is 0.00000112. The van der Waals surface area contributed by atoms with Crippen LogP contribution in [0.15, 0.2) is 36.5 Å². The number of rotatable bonds is 2. The van der Waals surface area contributed by atoms with Crippen molar-refractivity contribution in [2.75, 3.05) is 0 Å². The van der Waals surface area contributed by atoms with Crippen molar-refractivity contribution in [2.24, 2.45) is 5.73 Å². The largest absolute Gasteiger partial charge is 0.369 e. The van der Waals surface area contributed by atoms with Crippen molar-refractivity contribution in [1.29, 1.82) is 0 Å². The third-order valence-corrected chi connectivity index (χ3v) is 2.10. The van der Waals surface area contributed by atoms with Crippen LogP contribution < -0.4 is 5.73 Å².